The van der Waals surface area contributed by atoms with Crippen LogP contribution in [0.2, 0.25) is 0 Å². The molecule has 0 atom stereocenters. The smallest absolute Gasteiger partial charge is 0.233 e. The number of aliphatic hydroxyl groups is 1. The van der Waals surface area contributed by atoms with Gasteiger partial charge in [-0.2, -0.15) is 0 Å². The Morgan fingerprint density at radius 3 is 2.55 bits per heavy atom. The molecule has 11 heavy (non-hydrogen) atoms. The van der Waals surface area contributed by atoms with Gasteiger partial charge < -0.3 is 9.84 Å². The van der Waals surface area contributed by atoms with Crippen LogP contribution in [0.1, 0.15) is 5.69 Å². The highest BCUT2D eigenvalue weighted by Gasteiger charge is 1.93. The topological polar surface area (TPSA) is 55.2 Å². The third-order valence-electron chi connectivity index (χ3n) is 1.07. The third kappa shape index (κ3) is 2.69. The third-order valence-corrected chi connectivity index (χ3v) is 1.07. The fraction of sp³-hybridized carbons (Fsp3) is 0.333. The number of methoxy groups -OCH3 is 1. The average Bonchev–Trinajstić information content (AvgIpc) is 2.05. The van der Waals surface area contributed by atoms with Crippen LogP contribution >= 0.6 is 12.4 Å². The normalized spacial score (nSPS) is 8.55. The molecule has 5 heteroatoms. The lowest BCUT2D eigenvalue weighted by Crippen LogP contribution is -1.94. The van der Waals surface area contributed by atoms with Crippen molar-refractivity contribution in [3.63, 3.8) is 0 Å². The van der Waals surface area contributed by atoms with Gasteiger partial charge in [-0.05, 0) is 6.07 Å². The van der Waals surface area contributed by atoms with E-state index in [0.29, 0.717) is 11.6 Å². The maximum atomic E-state index is 8.56. The standard InChI is InChI=1S/C6H8N2O2.ClH/c1-10-6-3-2-5(4-9)7-8-6;/h2-3,9H,4H2,1H3;1H. The largest absolute Gasteiger partial charge is 0.480 e. The van der Waals surface area contributed by atoms with Crippen molar-refractivity contribution in [3.8, 4) is 5.88 Å². The Labute approximate surface area is 70.6 Å². The van der Waals surface area contributed by atoms with E-state index in [9.17, 15) is 0 Å². The molecular weight excluding hydrogens is 168 g/mol. The van der Waals surface area contributed by atoms with Crippen LogP contribution in [0, 0.1) is 0 Å². The van der Waals surface area contributed by atoms with Gasteiger partial charge >= 0.3 is 0 Å². The minimum Gasteiger partial charge on any atom is -0.480 e. The number of ether oxygens (including phenoxy) is 1. The van der Waals surface area contributed by atoms with Crippen molar-refractivity contribution in [1.29, 1.82) is 0 Å². The first-order valence-corrected chi connectivity index (χ1v) is 2.84. The molecule has 0 aliphatic heterocycles. The quantitative estimate of drug-likeness (QED) is 0.709. The zero-order valence-corrected chi connectivity index (χ0v) is 6.84. The van der Waals surface area contributed by atoms with E-state index in [2.05, 4.69) is 10.2 Å². The van der Waals surface area contributed by atoms with Gasteiger partial charge in [0, 0.05) is 6.07 Å². The summed E-state index contributed by atoms with van der Waals surface area (Å²) < 4.78 is 4.76. The molecule has 1 heterocycles. The van der Waals surface area contributed by atoms with Gasteiger partial charge in [-0.25, -0.2) is 0 Å². The molecule has 0 spiro atoms. The summed E-state index contributed by atoms with van der Waals surface area (Å²) in [5, 5.41) is 15.8. The Bertz CT molecular complexity index is 179. The van der Waals surface area contributed by atoms with E-state index in [-0.39, 0.29) is 19.0 Å². The molecule has 0 unspecified atom stereocenters. The molecule has 0 saturated heterocycles. The van der Waals surface area contributed by atoms with Gasteiger partial charge in [0.2, 0.25) is 5.88 Å². The van der Waals surface area contributed by atoms with Crippen molar-refractivity contribution in [2.75, 3.05) is 7.11 Å². The van der Waals surface area contributed by atoms with Crippen LogP contribution in [0.5, 0.6) is 5.88 Å². The molecule has 0 bridgehead atoms. The van der Waals surface area contributed by atoms with Crippen molar-refractivity contribution in [2.24, 2.45) is 0 Å². The number of aliphatic hydroxyl groups excluding tert-OH is 1. The second kappa shape index (κ2) is 4.87. The summed E-state index contributed by atoms with van der Waals surface area (Å²) in [6.45, 7) is -0.0863. The zero-order chi connectivity index (χ0) is 7.40. The van der Waals surface area contributed by atoms with Crippen LogP contribution in [-0.2, 0) is 6.61 Å². The monoisotopic (exact) mass is 176 g/mol. The summed E-state index contributed by atoms with van der Waals surface area (Å²) in [5.74, 6) is 0.456. The Balaban J connectivity index is 0.000001000. The summed E-state index contributed by atoms with van der Waals surface area (Å²) in [4.78, 5) is 0. The van der Waals surface area contributed by atoms with Crippen molar-refractivity contribution >= 4 is 12.4 Å². The van der Waals surface area contributed by atoms with Crippen molar-refractivity contribution in [3.05, 3.63) is 17.8 Å². The molecule has 1 N–H and O–H groups in total. The van der Waals surface area contributed by atoms with Crippen LogP contribution in [-0.4, -0.2) is 22.4 Å². The Morgan fingerprint density at radius 1 is 1.45 bits per heavy atom. The Hall–Kier alpha value is -0.870. The predicted octanol–water partition coefficient (Wildman–Crippen LogP) is 0.399. The van der Waals surface area contributed by atoms with E-state index >= 15 is 0 Å². The van der Waals surface area contributed by atoms with Crippen LogP contribution in [0.4, 0.5) is 0 Å². The van der Waals surface area contributed by atoms with Gasteiger partial charge in [-0.15, -0.1) is 22.6 Å². The first-order valence-electron chi connectivity index (χ1n) is 2.84. The molecule has 0 aromatic carbocycles. The number of aromatic nitrogens is 2. The number of halogens is 1. The van der Waals surface area contributed by atoms with E-state index in [0.717, 1.165) is 0 Å². The minimum absolute atomic E-state index is 0. The SMILES string of the molecule is COc1ccc(CO)nn1.Cl. The van der Waals surface area contributed by atoms with Crippen molar-refractivity contribution < 1.29 is 9.84 Å². The molecule has 0 radical (unpaired) electrons. The van der Waals surface area contributed by atoms with E-state index in [1.807, 2.05) is 0 Å². The predicted molar refractivity (Wildman–Crippen MR) is 41.8 cm³/mol. The molecule has 0 amide bonds. The van der Waals surface area contributed by atoms with Gasteiger partial charge in [-0.1, -0.05) is 0 Å². The van der Waals surface area contributed by atoms with Crippen molar-refractivity contribution in [1.82, 2.24) is 10.2 Å². The van der Waals surface area contributed by atoms with Gasteiger partial charge in [0.25, 0.3) is 0 Å². The summed E-state index contributed by atoms with van der Waals surface area (Å²) >= 11 is 0. The second-order valence-corrected chi connectivity index (χ2v) is 1.73. The Morgan fingerprint density at radius 2 is 2.18 bits per heavy atom. The zero-order valence-electron chi connectivity index (χ0n) is 6.02. The van der Waals surface area contributed by atoms with E-state index in [4.69, 9.17) is 9.84 Å². The lowest BCUT2D eigenvalue weighted by molar-refractivity contribution is 0.274. The molecule has 1 rings (SSSR count). The molecular formula is C6H9ClN2O2. The van der Waals surface area contributed by atoms with Gasteiger partial charge in [0.05, 0.1) is 19.4 Å². The summed E-state index contributed by atoms with van der Waals surface area (Å²) in [5.41, 5.74) is 0.542. The van der Waals surface area contributed by atoms with Gasteiger partial charge in [0.1, 0.15) is 0 Å². The van der Waals surface area contributed by atoms with E-state index in [1.165, 1.54) is 7.11 Å². The number of rotatable bonds is 2. The Kier molecular flexibility index (Phi) is 4.49. The highest BCUT2D eigenvalue weighted by atomic mass is 35.5. The average molecular weight is 177 g/mol. The van der Waals surface area contributed by atoms with Crippen molar-refractivity contribution in [2.45, 2.75) is 6.61 Å². The molecule has 0 aliphatic rings. The van der Waals surface area contributed by atoms with Crippen LogP contribution < -0.4 is 4.74 Å². The highest BCUT2D eigenvalue weighted by molar-refractivity contribution is 5.85. The summed E-state index contributed by atoms with van der Waals surface area (Å²) in [6, 6.07) is 3.31. The van der Waals surface area contributed by atoms with E-state index < -0.39 is 0 Å². The minimum atomic E-state index is -0.0863. The maximum Gasteiger partial charge on any atom is 0.233 e. The first kappa shape index (κ1) is 10.1. The molecule has 0 aliphatic carbocycles. The lowest BCUT2D eigenvalue weighted by atomic mass is 10.4. The van der Waals surface area contributed by atoms with Gasteiger partial charge in [-0.3, -0.25) is 0 Å². The van der Waals surface area contributed by atoms with E-state index in [1.54, 1.807) is 12.1 Å². The fourth-order valence-corrected chi connectivity index (χ4v) is 0.541. The molecule has 62 valence electrons. The van der Waals surface area contributed by atoms with Crippen LogP contribution in [0.3, 0.4) is 0 Å². The number of hydrogen-bond acceptors (Lipinski definition) is 4. The van der Waals surface area contributed by atoms with Gasteiger partial charge in [0.15, 0.2) is 0 Å². The highest BCUT2D eigenvalue weighted by Crippen LogP contribution is 2.02. The van der Waals surface area contributed by atoms with Crippen LogP contribution in [0.15, 0.2) is 12.1 Å². The molecule has 0 saturated carbocycles. The molecule has 1 aromatic rings. The maximum absolute atomic E-state index is 8.56. The fourth-order valence-electron chi connectivity index (χ4n) is 0.541. The van der Waals surface area contributed by atoms with Crippen LogP contribution in [0.25, 0.3) is 0 Å². The molecule has 4 nitrogen and oxygen atoms in total. The second-order valence-electron chi connectivity index (χ2n) is 1.73. The molecule has 0 fully saturated rings. The first-order chi connectivity index (χ1) is 4.86. The number of nitrogens with zero attached hydrogens (tertiary/aromatic N) is 2. The molecule has 1 aromatic heterocycles. The number of hydrogen-bond donors (Lipinski definition) is 1. The summed E-state index contributed by atoms with van der Waals surface area (Å²) in [7, 11) is 1.52. The summed E-state index contributed by atoms with van der Waals surface area (Å²) in [6.07, 6.45) is 0. The lowest BCUT2D eigenvalue weighted by Gasteiger charge is -1.96.